The van der Waals surface area contributed by atoms with Crippen LogP contribution in [0.2, 0.25) is 0 Å². The van der Waals surface area contributed by atoms with E-state index in [-0.39, 0.29) is 0 Å². The topological polar surface area (TPSA) is 0 Å². The zero-order valence-electron chi connectivity index (χ0n) is 32.6. The number of benzene rings is 4. The van der Waals surface area contributed by atoms with Gasteiger partial charge in [-0.05, 0) is 244 Å². The van der Waals surface area contributed by atoms with Gasteiger partial charge in [0.2, 0.25) is 0 Å². The molecule has 0 aromatic heterocycles. The predicted octanol–water partition coefficient (Wildman–Crippen LogP) is 13.6. The molecule has 10 aliphatic carbocycles. The standard InChI is InChI=1S/C48H56/c1-25-26(2)42-19-20-44-33(9)35(11)46(36(12)34(44)10)23-24-48-39(15)37(13)47(38(14)40(48)16)22-21-45-31(7)29(5)43(30(6)32(45)8)18-17-41(25)27(3)28(42)4/h17-24H,1-16H3/b18-17-,20-19-,22-21-,24-23-,41-17?,42-19?,43-18?,44-20?,45-21?,46-23?,47-22?,48-24?. The van der Waals surface area contributed by atoms with Crippen LogP contribution in [0.15, 0.2) is 0 Å². The summed E-state index contributed by atoms with van der Waals surface area (Å²) in [5, 5.41) is 0. The van der Waals surface area contributed by atoms with E-state index >= 15 is 0 Å². The molecule has 0 radical (unpaired) electrons. The van der Waals surface area contributed by atoms with Gasteiger partial charge in [0.1, 0.15) is 0 Å². The van der Waals surface area contributed by atoms with Gasteiger partial charge in [-0.25, -0.2) is 0 Å². The lowest BCUT2D eigenvalue weighted by molar-refractivity contribution is 1.20. The first kappa shape index (κ1) is 35.2. The van der Waals surface area contributed by atoms with Gasteiger partial charge in [0, 0.05) is 0 Å². The fraction of sp³-hybridized carbons (Fsp3) is 0.333. The van der Waals surface area contributed by atoms with E-state index in [4.69, 9.17) is 0 Å². The number of hydrogen-bond donors (Lipinski definition) is 0. The van der Waals surface area contributed by atoms with Gasteiger partial charge in [0.15, 0.2) is 0 Å². The summed E-state index contributed by atoms with van der Waals surface area (Å²) >= 11 is 0. The van der Waals surface area contributed by atoms with Crippen molar-refractivity contribution in [1.29, 1.82) is 0 Å². The van der Waals surface area contributed by atoms with Crippen molar-refractivity contribution >= 4 is 48.6 Å². The molecule has 0 saturated carbocycles. The first-order chi connectivity index (χ1) is 22.5. The van der Waals surface area contributed by atoms with Gasteiger partial charge >= 0.3 is 0 Å². The summed E-state index contributed by atoms with van der Waals surface area (Å²) in [6.07, 6.45) is 18.9. The quantitative estimate of drug-likeness (QED) is 0.159. The highest BCUT2D eigenvalue weighted by Crippen LogP contribution is 2.36. The van der Waals surface area contributed by atoms with Crippen LogP contribution >= 0.6 is 0 Å². The molecule has 0 nitrogen and oxygen atoms in total. The Hall–Kier alpha value is -4.16. The summed E-state index contributed by atoms with van der Waals surface area (Å²) in [5.41, 5.74) is 32.4. The van der Waals surface area contributed by atoms with Crippen LogP contribution in [0, 0.1) is 111 Å². The minimum absolute atomic E-state index is 1.34. The van der Waals surface area contributed by atoms with Gasteiger partial charge in [0.25, 0.3) is 0 Å². The van der Waals surface area contributed by atoms with E-state index in [0.29, 0.717) is 0 Å². The highest BCUT2D eigenvalue weighted by Gasteiger charge is 2.18. The molecule has 0 N–H and O–H groups in total. The van der Waals surface area contributed by atoms with Crippen molar-refractivity contribution in [3.8, 4) is 0 Å². The van der Waals surface area contributed by atoms with Gasteiger partial charge in [-0.15, -0.1) is 0 Å². The molecule has 4 aromatic carbocycles. The van der Waals surface area contributed by atoms with E-state index in [1.165, 1.54) is 134 Å². The summed E-state index contributed by atoms with van der Waals surface area (Å²) < 4.78 is 0. The van der Waals surface area contributed by atoms with Crippen molar-refractivity contribution in [3.05, 3.63) is 134 Å². The van der Waals surface area contributed by atoms with Crippen molar-refractivity contribution in [2.45, 2.75) is 111 Å². The summed E-state index contributed by atoms with van der Waals surface area (Å²) in [5.74, 6) is 0. The first-order valence-electron chi connectivity index (χ1n) is 17.6. The largest absolute Gasteiger partial charge is 0.0538 e. The molecular formula is C48H56. The molecule has 0 amide bonds. The van der Waals surface area contributed by atoms with Crippen LogP contribution in [0.5, 0.6) is 0 Å². The Bertz CT molecular complexity index is 1570. The van der Waals surface area contributed by atoms with Crippen LogP contribution in [-0.4, -0.2) is 0 Å². The maximum absolute atomic E-state index is 2.37. The molecule has 0 heteroatoms. The van der Waals surface area contributed by atoms with Crippen molar-refractivity contribution in [2.75, 3.05) is 0 Å². The summed E-state index contributed by atoms with van der Waals surface area (Å²) in [6, 6.07) is 0. The Morgan fingerprint density at radius 2 is 0.208 bits per heavy atom. The highest BCUT2D eigenvalue weighted by molar-refractivity contribution is 5.86. The fourth-order valence-corrected chi connectivity index (χ4v) is 8.15. The fourth-order valence-electron chi connectivity index (χ4n) is 8.15. The maximum atomic E-state index is 2.37. The third kappa shape index (κ3) is 5.58. The van der Waals surface area contributed by atoms with Gasteiger partial charge in [-0.2, -0.15) is 0 Å². The van der Waals surface area contributed by atoms with Gasteiger partial charge in [-0.1, -0.05) is 48.6 Å². The van der Waals surface area contributed by atoms with Crippen LogP contribution in [0.4, 0.5) is 0 Å². The molecule has 0 spiro atoms. The average molecular weight is 633 g/mol. The van der Waals surface area contributed by atoms with E-state index in [2.05, 4.69) is 159 Å². The van der Waals surface area contributed by atoms with E-state index in [0.717, 1.165) is 0 Å². The molecule has 0 unspecified atom stereocenters. The van der Waals surface area contributed by atoms with Crippen molar-refractivity contribution in [3.63, 3.8) is 0 Å². The Balaban J connectivity index is 1.87. The Labute approximate surface area is 292 Å². The van der Waals surface area contributed by atoms with Gasteiger partial charge in [-0.3, -0.25) is 0 Å². The second-order valence-corrected chi connectivity index (χ2v) is 14.6. The monoisotopic (exact) mass is 632 g/mol. The molecule has 48 heavy (non-hydrogen) atoms. The maximum Gasteiger partial charge on any atom is -0.0192 e. The Kier molecular flexibility index (Phi) is 9.55. The predicted molar refractivity (Wildman–Crippen MR) is 217 cm³/mol. The first-order valence-corrected chi connectivity index (χ1v) is 17.6. The molecule has 0 heterocycles. The SMILES string of the molecule is Cc1c(C)c2c(C)c(C)c1/C=C\c1c(C)c(C)c(c(C)c1C)/C=C\c1c(C)c(C)c(c(C)c1C)/C=C\c1c(C)c(C)c(c(C)c1C)/C=C\2. The molecule has 4 aromatic rings. The summed E-state index contributed by atoms with van der Waals surface area (Å²) in [4.78, 5) is 0. The molecule has 14 rings (SSSR count). The smallest absolute Gasteiger partial charge is 0.0192 e. The molecule has 0 aliphatic heterocycles. The second-order valence-electron chi connectivity index (χ2n) is 14.6. The summed E-state index contributed by atoms with van der Waals surface area (Å²) in [6.45, 7) is 36.6. The van der Waals surface area contributed by atoms with Crippen LogP contribution in [0.3, 0.4) is 0 Å². The highest BCUT2D eigenvalue weighted by atomic mass is 14.2. The van der Waals surface area contributed by atoms with Crippen LogP contribution < -0.4 is 0 Å². The summed E-state index contributed by atoms with van der Waals surface area (Å²) in [7, 11) is 0. The van der Waals surface area contributed by atoms with Crippen LogP contribution in [-0.2, 0) is 0 Å². The molecule has 8 bridgehead atoms. The Morgan fingerprint density at radius 1 is 0.146 bits per heavy atom. The number of hydrogen-bond acceptors (Lipinski definition) is 0. The number of rotatable bonds is 0. The molecular weight excluding hydrogens is 577 g/mol. The second kappa shape index (κ2) is 13.0. The normalized spacial score (nSPS) is 15.3. The third-order valence-corrected chi connectivity index (χ3v) is 12.6. The van der Waals surface area contributed by atoms with E-state index in [1.807, 2.05) is 0 Å². The van der Waals surface area contributed by atoms with E-state index in [1.54, 1.807) is 0 Å². The molecule has 0 atom stereocenters. The molecule has 0 saturated heterocycles. The van der Waals surface area contributed by atoms with E-state index in [9.17, 15) is 0 Å². The lowest BCUT2D eigenvalue weighted by Crippen LogP contribution is -2.02. The van der Waals surface area contributed by atoms with Crippen molar-refractivity contribution in [2.24, 2.45) is 0 Å². The van der Waals surface area contributed by atoms with Crippen LogP contribution in [0.1, 0.15) is 134 Å². The van der Waals surface area contributed by atoms with E-state index < -0.39 is 0 Å². The molecule has 0 fully saturated rings. The van der Waals surface area contributed by atoms with Gasteiger partial charge < -0.3 is 0 Å². The molecule has 248 valence electrons. The van der Waals surface area contributed by atoms with Crippen molar-refractivity contribution in [1.82, 2.24) is 0 Å². The zero-order valence-corrected chi connectivity index (χ0v) is 32.6. The lowest BCUT2D eigenvalue weighted by atomic mass is 9.84. The Morgan fingerprint density at radius 3 is 0.271 bits per heavy atom. The van der Waals surface area contributed by atoms with Crippen molar-refractivity contribution < 1.29 is 0 Å². The minimum atomic E-state index is 1.34. The zero-order chi connectivity index (χ0) is 35.5. The molecule has 10 aliphatic rings. The average Bonchev–Trinajstić information content (AvgIpc) is 3.05. The lowest BCUT2D eigenvalue weighted by Gasteiger charge is -2.21. The third-order valence-electron chi connectivity index (χ3n) is 12.6. The minimum Gasteiger partial charge on any atom is -0.0538 e. The van der Waals surface area contributed by atoms with Crippen LogP contribution in [0.25, 0.3) is 48.6 Å². The van der Waals surface area contributed by atoms with Gasteiger partial charge in [0.05, 0.1) is 0 Å².